The number of ether oxygens (including phenoxy) is 1. The first-order chi connectivity index (χ1) is 12.3. The molecule has 2 rings (SSSR count). The van der Waals surface area contributed by atoms with E-state index in [-0.39, 0.29) is 11.8 Å². The molecular formula is C20H23BrN2O3. The highest BCUT2D eigenvalue weighted by molar-refractivity contribution is 9.10. The van der Waals surface area contributed by atoms with Gasteiger partial charge in [0.25, 0.3) is 11.8 Å². The predicted molar refractivity (Wildman–Crippen MR) is 105 cm³/mol. The summed E-state index contributed by atoms with van der Waals surface area (Å²) in [7, 11) is 3.43. The molecule has 26 heavy (non-hydrogen) atoms. The molecule has 0 heterocycles. The number of nitrogens with zero attached hydrogens (tertiary/aromatic N) is 1. The maximum Gasteiger partial charge on any atom is 0.261 e. The lowest BCUT2D eigenvalue weighted by Crippen LogP contribution is -2.36. The Balaban J connectivity index is 1.90. The first-order valence-corrected chi connectivity index (χ1v) is 9.08. The lowest BCUT2D eigenvalue weighted by Gasteiger charge is -2.16. The third-order valence-electron chi connectivity index (χ3n) is 3.83. The zero-order valence-corrected chi connectivity index (χ0v) is 17.0. The average Bonchev–Trinajstić information content (AvgIpc) is 2.61. The third kappa shape index (κ3) is 5.33. The van der Waals surface area contributed by atoms with Crippen molar-refractivity contribution in [3.05, 3.63) is 63.6 Å². The summed E-state index contributed by atoms with van der Waals surface area (Å²) in [5.41, 5.74) is 2.64. The van der Waals surface area contributed by atoms with Crippen molar-refractivity contribution in [1.82, 2.24) is 10.2 Å². The first kappa shape index (κ1) is 20.0. The number of aryl methyl sites for hydroxylation is 1. The van der Waals surface area contributed by atoms with E-state index >= 15 is 0 Å². The minimum absolute atomic E-state index is 0.0497. The third-order valence-corrected chi connectivity index (χ3v) is 4.45. The molecule has 0 aromatic heterocycles. The molecule has 0 bridgehead atoms. The van der Waals surface area contributed by atoms with Gasteiger partial charge in [-0.05, 0) is 65.2 Å². The van der Waals surface area contributed by atoms with Crippen LogP contribution in [0.2, 0.25) is 0 Å². The molecule has 6 heteroatoms. The van der Waals surface area contributed by atoms with E-state index < -0.39 is 6.10 Å². The number of hydrogen-bond donors (Lipinski definition) is 1. The van der Waals surface area contributed by atoms with E-state index in [1.165, 1.54) is 4.90 Å². The standard InChI is InChI=1S/C20H23BrN2O3/c1-13-5-10-18(17(21)11-13)26-14(2)19(24)22-12-15-6-8-16(9-7-15)20(25)23(3)4/h5-11,14H,12H2,1-4H3,(H,22,24)/t14-/m0/s1. The Labute approximate surface area is 162 Å². The van der Waals surface area contributed by atoms with E-state index in [0.29, 0.717) is 17.9 Å². The molecule has 0 aliphatic carbocycles. The summed E-state index contributed by atoms with van der Waals surface area (Å²) < 4.78 is 6.54. The Morgan fingerprint density at radius 1 is 1.15 bits per heavy atom. The Bertz CT molecular complexity index is 788. The molecule has 2 aromatic rings. The number of carbonyl (C=O) groups is 2. The topological polar surface area (TPSA) is 58.6 Å². The van der Waals surface area contributed by atoms with Crippen molar-refractivity contribution in [2.45, 2.75) is 26.5 Å². The van der Waals surface area contributed by atoms with Crippen molar-refractivity contribution in [1.29, 1.82) is 0 Å². The predicted octanol–water partition coefficient (Wildman–Crippen LogP) is 3.54. The van der Waals surface area contributed by atoms with E-state index in [2.05, 4.69) is 21.2 Å². The van der Waals surface area contributed by atoms with Gasteiger partial charge in [-0.25, -0.2) is 0 Å². The van der Waals surface area contributed by atoms with E-state index in [1.807, 2.05) is 37.3 Å². The second kappa shape index (κ2) is 8.85. The maximum atomic E-state index is 12.3. The van der Waals surface area contributed by atoms with Crippen molar-refractivity contribution in [2.24, 2.45) is 0 Å². The molecular weight excluding hydrogens is 396 g/mol. The van der Waals surface area contributed by atoms with Gasteiger partial charge in [-0.1, -0.05) is 18.2 Å². The molecule has 1 atom stereocenters. The molecule has 0 fully saturated rings. The van der Waals surface area contributed by atoms with E-state index in [4.69, 9.17) is 4.74 Å². The van der Waals surface area contributed by atoms with Crippen LogP contribution in [0.5, 0.6) is 5.75 Å². The molecule has 0 saturated heterocycles. The number of amides is 2. The summed E-state index contributed by atoms with van der Waals surface area (Å²) in [6.07, 6.45) is -0.622. The molecule has 5 nitrogen and oxygen atoms in total. The fourth-order valence-corrected chi connectivity index (χ4v) is 2.89. The minimum Gasteiger partial charge on any atom is -0.480 e. The van der Waals surface area contributed by atoms with Crippen molar-refractivity contribution >= 4 is 27.7 Å². The van der Waals surface area contributed by atoms with Crippen LogP contribution in [0.25, 0.3) is 0 Å². The summed E-state index contributed by atoms with van der Waals surface area (Å²) >= 11 is 3.44. The number of carbonyl (C=O) groups excluding carboxylic acids is 2. The van der Waals surface area contributed by atoms with Crippen LogP contribution >= 0.6 is 15.9 Å². The van der Waals surface area contributed by atoms with Crippen LogP contribution in [-0.2, 0) is 11.3 Å². The SMILES string of the molecule is Cc1ccc(O[C@@H](C)C(=O)NCc2ccc(C(=O)N(C)C)cc2)c(Br)c1. The second-order valence-electron chi connectivity index (χ2n) is 6.31. The van der Waals surface area contributed by atoms with Crippen molar-refractivity contribution < 1.29 is 14.3 Å². The zero-order valence-electron chi connectivity index (χ0n) is 15.4. The van der Waals surface area contributed by atoms with Crippen molar-refractivity contribution in [3.8, 4) is 5.75 Å². The molecule has 138 valence electrons. The van der Waals surface area contributed by atoms with E-state index in [9.17, 15) is 9.59 Å². The van der Waals surface area contributed by atoms with Gasteiger partial charge in [-0.2, -0.15) is 0 Å². The highest BCUT2D eigenvalue weighted by Crippen LogP contribution is 2.26. The Morgan fingerprint density at radius 2 is 1.81 bits per heavy atom. The fraction of sp³-hybridized carbons (Fsp3) is 0.300. The van der Waals surface area contributed by atoms with Gasteiger partial charge in [-0.3, -0.25) is 9.59 Å². The van der Waals surface area contributed by atoms with Gasteiger partial charge in [0.1, 0.15) is 5.75 Å². The first-order valence-electron chi connectivity index (χ1n) is 8.29. The average molecular weight is 419 g/mol. The Kier molecular flexibility index (Phi) is 6.80. The summed E-state index contributed by atoms with van der Waals surface area (Å²) in [5.74, 6) is 0.377. The van der Waals surface area contributed by atoms with Crippen LogP contribution in [0.3, 0.4) is 0 Å². The zero-order chi connectivity index (χ0) is 19.3. The molecule has 0 aliphatic rings. The summed E-state index contributed by atoms with van der Waals surface area (Å²) in [6.45, 7) is 4.07. The number of halogens is 1. The van der Waals surface area contributed by atoms with E-state index in [1.54, 1.807) is 33.2 Å². The van der Waals surface area contributed by atoms with Gasteiger partial charge >= 0.3 is 0 Å². The van der Waals surface area contributed by atoms with Gasteiger partial charge in [-0.15, -0.1) is 0 Å². The van der Waals surface area contributed by atoms with Crippen LogP contribution in [0.15, 0.2) is 46.9 Å². The highest BCUT2D eigenvalue weighted by Gasteiger charge is 2.16. The maximum absolute atomic E-state index is 12.3. The van der Waals surface area contributed by atoms with Gasteiger partial charge in [0.05, 0.1) is 4.47 Å². The molecule has 0 unspecified atom stereocenters. The molecule has 0 spiro atoms. The molecule has 0 saturated carbocycles. The van der Waals surface area contributed by atoms with Crippen molar-refractivity contribution in [2.75, 3.05) is 14.1 Å². The van der Waals surface area contributed by atoms with Gasteiger partial charge in [0, 0.05) is 26.2 Å². The summed E-state index contributed by atoms with van der Waals surface area (Å²) in [5, 5.41) is 2.85. The van der Waals surface area contributed by atoms with Crippen LogP contribution in [0, 0.1) is 6.92 Å². The van der Waals surface area contributed by atoms with Crippen LogP contribution in [0.4, 0.5) is 0 Å². The van der Waals surface area contributed by atoms with Crippen LogP contribution < -0.4 is 10.1 Å². The van der Waals surface area contributed by atoms with Gasteiger partial charge < -0.3 is 15.0 Å². The van der Waals surface area contributed by atoms with Crippen LogP contribution in [0.1, 0.15) is 28.4 Å². The number of hydrogen-bond acceptors (Lipinski definition) is 3. The molecule has 0 radical (unpaired) electrons. The summed E-state index contributed by atoms with van der Waals surface area (Å²) in [6, 6.07) is 12.9. The second-order valence-corrected chi connectivity index (χ2v) is 7.16. The fourth-order valence-electron chi connectivity index (χ4n) is 2.30. The van der Waals surface area contributed by atoms with Gasteiger partial charge in [0.2, 0.25) is 0 Å². The number of nitrogens with one attached hydrogen (secondary N) is 1. The molecule has 1 N–H and O–H groups in total. The Morgan fingerprint density at radius 3 is 2.38 bits per heavy atom. The molecule has 2 amide bonds. The molecule has 2 aromatic carbocycles. The Hall–Kier alpha value is -2.34. The summed E-state index contributed by atoms with van der Waals surface area (Å²) in [4.78, 5) is 25.6. The lowest BCUT2D eigenvalue weighted by molar-refractivity contribution is -0.127. The molecule has 0 aliphatic heterocycles. The smallest absolute Gasteiger partial charge is 0.261 e. The monoisotopic (exact) mass is 418 g/mol. The van der Waals surface area contributed by atoms with Crippen molar-refractivity contribution in [3.63, 3.8) is 0 Å². The number of benzene rings is 2. The lowest BCUT2D eigenvalue weighted by atomic mass is 10.1. The highest BCUT2D eigenvalue weighted by atomic mass is 79.9. The quantitative estimate of drug-likeness (QED) is 0.780. The number of rotatable bonds is 6. The minimum atomic E-state index is -0.622. The van der Waals surface area contributed by atoms with E-state index in [0.717, 1.165) is 15.6 Å². The van der Waals surface area contributed by atoms with Gasteiger partial charge in [0.15, 0.2) is 6.10 Å². The van der Waals surface area contributed by atoms with Crippen LogP contribution in [-0.4, -0.2) is 36.9 Å². The normalized spacial score (nSPS) is 11.6. The largest absolute Gasteiger partial charge is 0.480 e.